The van der Waals surface area contributed by atoms with Crippen molar-refractivity contribution in [3.8, 4) is 5.75 Å². The first-order valence-corrected chi connectivity index (χ1v) is 10.2. The van der Waals surface area contributed by atoms with E-state index in [9.17, 15) is 0 Å². The first kappa shape index (κ1) is 20.4. The predicted molar refractivity (Wildman–Crippen MR) is 124 cm³/mol. The van der Waals surface area contributed by atoms with Crippen LogP contribution in [0.2, 0.25) is 0 Å². The van der Waals surface area contributed by atoms with Gasteiger partial charge in [-0.05, 0) is 66.2 Å². The Balaban J connectivity index is 1.80. The molecule has 144 valence electrons. The zero-order chi connectivity index (χ0) is 19.9. The number of hydrogen-bond donors (Lipinski definition) is 1. The number of hydrogen-bond acceptors (Lipinski definition) is 2. The summed E-state index contributed by atoms with van der Waals surface area (Å²) >= 11 is 9.27. The summed E-state index contributed by atoms with van der Waals surface area (Å²) in [5.41, 5.74) is 4.50. The number of halogens is 1. The average Bonchev–Trinajstić information content (AvgIpc) is 2.71. The molecule has 0 bridgehead atoms. The fraction of sp³-hybridized carbons (Fsp3) is 0.174. The molecule has 0 aliphatic heterocycles. The van der Waals surface area contributed by atoms with Crippen molar-refractivity contribution in [2.45, 2.75) is 20.0 Å². The number of anilines is 1. The largest absolute Gasteiger partial charge is 0.497 e. The lowest BCUT2D eigenvalue weighted by atomic mass is 10.1. The highest BCUT2D eigenvalue weighted by molar-refractivity contribution is 9.10. The highest BCUT2D eigenvalue weighted by atomic mass is 79.9. The van der Waals surface area contributed by atoms with E-state index in [0.717, 1.165) is 34.6 Å². The Morgan fingerprint density at radius 2 is 1.61 bits per heavy atom. The van der Waals surface area contributed by atoms with Gasteiger partial charge in [0.2, 0.25) is 0 Å². The fourth-order valence-corrected chi connectivity index (χ4v) is 3.41. The summed E-state index contributed by atoms with van der Waals surface area (Å²) < 4.78 is 6.37. The number of thiocarbonyl (C=S) groups is 1. The minimum atomic E-state index is 0.694. The van der Waals surface area contributed by atoms with Crippen molar-refractivity contribution in [2.24, 2.45) is 0 Å². The summed E-state index contributed by atoms with van der Waals surface area (Å²) in [6.07, 6.45) is 0. The van der Waals surface area contributed by atoms with Gasteiger partial charge in [0.15, 0.2) is 5.11 Å². The van der Waals surface area contributed by atoms with Crippen LogP contribution in [-0.4, -0.2) is 17.1 Å². The maximum atomic E-state index is 5.78. The first-order chi connectivity index (χ1) is 13.5. The van der Waals surface area contributed by atoms with E-state index in [4.69, 9.17) is 17.0 Å². The molecule has 0 atom stereocenters. The van der Waals surface area contributed by atoms with Crippen molar-refractivity contribution in [1.29, 1.82) is 0 Å². The van der Waals surface area contributed by atoms with Gasteiger partial charge < -0.3 is 15.0 Å². The molecule has 0 aliphatic carbocycles. The Hall–Kier alpha value is -2.37. The van der Waals surface area contributed by atoms with Crippen LogP contribution in [-0.2, 0) is 13.1 Å². The van der Waals surface area contributed by atoms with Gasteiger partial charge in [0.1, 0.15) is 5.75 Å². The number of methoxy groups -OCH3 is 1. The van der Waals surface area contributed by atoms with Gasteiger partial charge in [0.25, 0.3) is 0 Å². The summed E-state index contributed by atoms with van der Waals surface area (Å²) in [5, 5.41) is 4.10. The molecule has 0 amide bonds. The van der Waals surface area contributed by atoms with Crippen LogP contribution >= 0.6 is 28.1 Å². The summed E-state index contributed by atoms with van der Waals surface area (Å²) in [6, 6.07) is 24.7. The van der Waals surface area contributed by atoms with E-state index in [2.05, 4.69) is 74.7 Å². The number of nitrogens with zero attached hydrogens (tertiary/aromatic N) is 1. The molecular formula is C23H23BrN2OS. The zero-order valence-corrected chi connectivity index (χ0v) is 18.4. The second-order valence-corrected chi connectivity index (χ2v) is 7.88. The lowest BCUT2D eigenvalue weighted by molar-refractivity contribution is 0.412. The van der Waals surface area contributed by atoms with Crippen molar-refractivity contribution in [3.05, 3.63) is 94.0 Å². The topological polar surface area (TPSA) is 24.5 Å². The van der Waals surface area contributed by atoms with Crippen LogP contribution in [0.4, 0.5) is 5.69 Å². The minimum Gasteiger partial charge on any atom is -0.497 e. The van der Waals surface area contributed by atoms with Crippen LogP contribution in [0.1, 0.15) is 16.7 Å². The molecular weight excluding hydrogens is 432 g/mol. The third-order valence-corrected chi connectivity index (χ3v) is 5.35. The first-order valence-electron chi connectivity index (χ1n) is 9.04. The molecule has 0 radical (unpaired) electrons. The van der Waals surface area contributed by atoms with Gasteiger partial charge in [-0.3, -0.25) is 0 Å². The molecule has 0 heterocycles. The molecule has 3 nitrogen and oxygen atoms in total. The van der Waals surface area contributed by atoms with E-state index < -0.39 is 0 Å². The van der Waals surface area contributed by atoms with Gasteiger partial charge in [-0.1, -0.05) is 58.4 Å². The van der Waals surface area contributed by atoms with Crippen LogP contribution in [0.25, 0.3) is 0 Å². The van der Waals surface area contributed by atoms with Gasteiger partial charge in [-0.15, -0.1) is 0 Å². The lowest BCUT2D eigenvalue weighted by Crippen LogP contribution is -2.34. The third-order valence-electron chi connectivity index (χ3n) is 4.47. The van der Waals surface area contributed by atoms with Crippen molar-refractivity contribution >= 4 is 38.9 Å². The number of aryl methyl sites for hydroxylation is 1. The molecule has 28 heavy (non-hydrogen) atoms. The van der Waals surface area contributed by atoms with Crippen LogP contribution in [0.3, 0.4) is 0 Å². The molecule has 0 aromatic heterocycles. The van der Waals surface area contributed by atoms with Gasteiger partial charge in [0.05, 0.1) is 7.11 Å². The van der Waals surface area contributed by atoms with E-state index >= 15 is 0 Å². The monoisotopic (exact) mass is 454 g/mol. The van der Waals surface area contributed by atoms with Crippen LogP contribution in [0.15, 0.2) is 77.3 Å². The Morgan fingerprint density at radius 1 is 0.964 bits per heavy atom. The number of ether oxygens (including phenoxy) is 1. The van der Waals surface area contributed by atoms with Crippen LogP contribution in [0, 0.1) is 6.92 Å². The zero-order valence-electron chi connectivity index (χ0n) is 16.0. The highest BCUT2D eigenvalue weighted by Crippen LogP contribution is 2.22. The lowest BCUT2D eigenvalue weighted by Gasteiger charge is -2.27. The average molecular weight is 455 g/mol. The summed E-state index contributed by atoms with van der Waals surface area (Å²) in [4.78, 5) is 2.18. The molecule has 3 rings (SSSR count). The molecule has 0 saturated heterocycles. The Labute approximate surface area is 180 Å². The third kappa shape index (κ3) is 5.57. The molecule has 0 unspecified atom stereocenters. The van der Waals surface area contributed by atoms with Crippen molar-refractivity contribution < 1.29 is 4.74 Å². The SMILES string of the molecule is COc1ccc(NC(=S)N(Cc2ccccc2)Cc2ccc(Br)cc2)c(C)c1. The van der Waals surface area contributed by atoms with E-state index in [1.807, 2.05) is 31.2 Å². The number of rotatable bonds is 6. The maximum Gasteiger partial charge on any atom is 0.174 e. The standard InChI is InChI=1S/C23H23BrN2OS/c1-17-14-21(27-2)12-13-22(17)25-23(28)26(15-18-6-4-3-5-7-18)16-19-8-10-20(24)11-9-19/h3-14H,15-16H2,1-2H3,(H,25,28). The Bertz CT molecular complexity index is 929. The summed E-state index contributed by atoms with van der Waals surface area (Å²) in [5.74, 6) is 0.838. The molecule has 3 aromatic rings. The smallest absolute Gasteiger partial charge is 0.174 e. The molecule has 5 heteroatoms. The van der Waals surface area contributed by atoms with Crippen LogP contribution in [0.5, 0.6) is 5.75 Å². The van der Waals surface area contributed by atoms with Crippen molar-refractivity contribution in [2.75, 3.05) is 12.4 Å². The van der Waals surface area contributed by atoms with Gasteiger partial charge in [-0.25, -0.2) is 0 Å². The second kappa shape index (κ2) is 9.71. The molecule has 0 aliphatic rings. The molecule has 3 aromatic carbocycles. The van der Waals surface area contributed by atoms with Crippen LogP contribution < -0.4 is 10.1 Å². The van der Waals surface area contributed by atoms with Gasteiger partial charge in [0, 0.05) is 23.2 Å². The van der Waals surface area contributed by atoms with Crippen molar-refractivity contribution in [3.63, 3.8) is 0 Å². The Morgan fingerprint density at radius 3 is 2.21 bits per heavy atom. The second-order valence-electron chi connectivity index (χ2n) is 6.58. The Kier molecular flexibility index (Phi) is 7.06. The van der Waals surface area contributed by atoms with Gasteiger partial charge in [-0.2, -0.15) is 0 Å². The molecule has 0 spiro atoms. The van der Waals surface area contributed by atoms with E-state index in [-0.39, 0.29) is 0 Å². The highest BCUT2D eigenvalue weighted by Gasteiger charge is 2.13. The number of nitrogens with one attached hydrogen (secondary N) is 1. The quantitative estimate of drug-likeness (QED) is 0.450. The van der Waals surface area contributed by atoms with Gasteiger partial charge >= 0.3 is 0 Å². The summed E-state index contributed by atoms with van der Waals surface area (Å²) in [6.45, 7) is 3.50. The fourth-order valence-electron chi connectivity index (χ4n) is 2.91. The minimum absolute atomic E-state index is 0.694. The maximum absolute atomic E-state index is 5.78. The normalized spacial score (nSPS) is 10.4. The number of benzene rings is 3. The summed E-state index contributed by atoms with van der Waals surface area (Å²) in [7, 11) is 1.67. The predicted octanol–water partition coefficient (Wildman–Crippen LogP) is 6.17. The molecule has 0 saturated carbocycles. The van der Waals surface area contributed by atoms with E-state index in [1.54, 1.807) is 7.11 Å². The molecule has 1 N–H and O–H groups in total. The van der Waals surface area contributed by atoms with E-state index in [0.29, 0.717) is 5.11 Å². The van der Waals surface area contributed by atoms with Crippen molar-refractivity contribution in [1.82, 2.24) is 4.90 Å². The molecule has 0 fully saturated rings. The van der Waals surface area contributed by atoms with E-state index in [1.165, 1.54) is 11.1 Å².